The Hall–Kier alpha value is -0.160. The largest absolute Gasteiger partial charge is 0.383 e. The Bertz CT molecular complexity index is 195. The predicted molar refractivity (Wildman–Crippen MR) is 63.4 cm³/mol. The van der Waals surface area contributed by atoms with Gasteiger partial charge in [0.1, 0.15) is 0 Å². The van der Waals surface area contributed by atoms with Gasteiger partial charge in [0.25, 0.3) is 0 Å². The van der Waals surface area contributed by atoms with Gasteiger partial charge in [-0.3, -0.25) is 4.90 Å². The van der Waals surface area contributed by atoms with E-state index >= 15 is 0 Å². The fourth-order valence-electron chi connectivity index (χ4n) is 1.67. The molecule has 0 N–H and O–H groups in total. The molecule has 16 heavy (non-hydrogen) atoms. The van der Waals surface area contributed by atoms with E-state index in [1.54, 1.807) is 7.11 Å². The lowest BCUT2D eigenvalue weighted by Gasteiger charge is -2.39. The lowest BCUT2D eigenvalue weighted by Crippen LogP contribution is -2.49. The number of nitrogens with zero attached hydrogens (tertiary/aromatic N) is 1. The van der Waals surface area contributed by atoms with Crippen LogP contribution in [0, 0.1) is 5.41 Å². The lowest BCUT2D eigenvalue weighted by atomic mass is 9.95. The Morgan fingerprint density at radius 1 is 1.25 bits per heavy atom. The quantitative estimate of drug-likeness (QED) is 0.731. The standard InChI is InChI=1S/C12H25NO3/c1-12(2,3)11-15-8-10(9-16-11)13(4)6-7-14-5/h10-11H,6-9H2,1-5H3. The average molecular weight is 231 g/mol. The summed E-state index contributed by atoms with van der Waals surface area (Å²) in [6.07, 6.45) is -0.0837. The summed E-state index contributed by atoms with van der Waals surface area (Å²) in [6.45, 7) is 9.53. The third-order valence-corrected chi connectivity index (χ3v) is 2.86. The van der Waals surface area contributed by atoms with Crippen LogP contribution in [0.15, 0.2) is 0 Å². The molecule has 4 heteroatoms. The summed E-state index contributed by atoms with van der Waals surface area (Å²) >= 11 is 0. The molecular weight excluding hydrogens is 206 g/mol. The van der Waals surface area contributed by atoms with Crippen LogP contribution in [0.5, 0.6) is 0 Å². The number of ether oxygens (including phenoxy) is 3. The van der Waals surface area contributed by atoms with Crippen molar-refractivity contribution in [1.29, 1.82) is 0 Å². The topological polar surface area (TPSA) is 30.9 Å². The molecular formula is C12H25NO3. The first-order valence-electron chi connectivity index (χ1n) is 5.87. The molecule has 0 aromatic heterocycles. The molecule has 1 rings (SSSR count). The molecule has 1 saturated heterocycles. The van der Waals surface area contributed by atoms with Crippen LogP contribution in [0.1, 0.15) is 20.8 Å². The molecule has 0 unspecified atom stereocenters. The number of methoxy groups -OCH3 is 1. The van der Waals surface area contributed by atoms with Gasteiger partial charge in [0.2, 0.25) is 0 Å². The molecule has 0 amide bonds. The fraction of sp³-hybridized carbons (Fsp3) is 1.00. The van der Waals surface area contributed by atoms with Crippen molar-refractivity contribution < 1.29 is 14.2 Å². The van der Waals surface area contributed by atoms with E-state index in [4.69, 9.17) is 14.2 Å². The van der Waals surface area contributed by atoms with Crippen LogP contribution < -0.4 is 0 Å². The normalized spacial score (nSPS) is 27.4. The molecule has 0 atom stereocenters. The molecule has 96 valence electrons. The molecule has 1 heterocycles. The van der Waals surface area contributed by atoms with Crippen molar-refractivity contribution in [1.82, 2.24) is 4.90 Å². The molecule has 0 bridgehead atoms. The van der Waals surface area contributed by atoms with E-state index in [-0.39, 0.29) is 11.7 Å². The SMILES string of the molecule is COCCN(C)C1COC(C(C)(C)C)OC1. The number of likely N-dealkylation sites (N-methyl/N-ethyl adjacent to an activating group) is 1. The van der Waals surface area contributed by atoms with Crippen molar-refractivity contribution in [3.8, 4) is 0 Å². The van der Waals surface area contributed by atoms with Crippen molar-refractivity contribution in [2.24, 2.45) is 5.41 Å². The van der Waals surface area contributed by atoms with Gasteiger partial charge in [0.15, 0.2) is 6.29 Å². The minimum absolute atomic E-state index is 0.0517. The van der Waals surface area contributed by atoms with Gasteiger partial charge in [0.05, 0.1) is 25.9 Å². The Kier molecular flexibility index (Phi) is 5.18. The smallest absolute Gasteiger partial charge is 0.162 e. The lowest BCUT2D eigenvalue weighted by molar-refractivity contribution is -0.243. The van der Waals surface area contributed by atoms with Crippen LogP contribution in [-0.2, 0) is 14.2 Å². The van der Waals surface area contributed by atoms with Crippen LogP contribution in [0.4, 0.5) is 0 Å². The summed E-state index contributed by atoms with van der Waals surface area (Å²) in [6, 6.07) is 0.341. The molecule has 0 aromatic rings. The number of rotatable bonds is 4. The highest BCUT2D eigenvalue weighted by atomic mass is 16.7. The zero-order valence-corrected chi connectivity index (χ0v) is 11.2. The number of hydrogen-bond donors (Lipinski definition) is 0. The molecule has 1 aliphatic rings. The van der Waals surface area contributed by atoms with Gasteiger partial charge in [-0.2, -0.15) is 0 Å². The first kappa shape index (κ1) is 13.9. The van der Waals surface area contributed by atoms with Gasteiger partial charge < -0.3 is 14.2 Å². The Balaban J connectivity index is 2.31. The van der Waals surface area contributed by atoms with Crippen molar-refractivity contribution in [2.75, 3.05) is 40.5 Å². The summed E-state index contributed by atoms with van der Waals surface area (Å²) in [5.41, 5.74) is 0.0517. The second kappa shape index (κ2) is 5.96. The van der Waals surface area contributed by atoms with E-state index in [2.05, 4.69) is 32.7 Å². The maximum atomic E-state index is 5.75. The van der Waals surface area contributed by atoms with Crippen LogP contribution in [0.3, 0.4) is 0 Å². The molecule has 1 fully saturated rings. The Morgan fingerprint density at radius 2 is 1.81 bits per heavy atom. The van der Waals surface area contributed by atoms with Crippen LogP contribution in [0.2, 0.25) is 0 Å². The third-order valence-electron chi connectivity index (χ3n) is 2.86. The fourth-order valence-corrected chi connectivity index (χ4v) is 1.67. The minimum atomic E-state index is -0.0837. The van der Waals surface area contributed by atoms with Crippen LogP contribution in [0.25, 0.3) is 0 Å². The van der Waals surface area contributed by atoms with Crippen molar-refractivity contribution >= 4 is 0 Å². The van der Waals surface area contributed by atoms with Gasteiger partial charge in [0, 0.05) is 19.1 Å². The van der Waals surface area contributed by atoms with Gasteiger partial charge in [-0.25, -0.2) is 0 Å². The van der Waals surface area contributed by atoms with E-state index in [9.17, 15) is 0 Å². The summed E-state index contributed by atoms with van der Waals surface area (Å²) in [5.74, 6) is 0. The zero-order chi connectivity index (χ0) is 12.2. The van der Waals surface area contributed by atoms with Crippen molar-refractivity contribution in [2.45, 2.75) is 33.1 Å². The second-order valence-electron chi connectivity index (χ2n) is 5.49. The zero-order valence-electron chi connectivity index (χ0n) is 11.2. The second-order valence-corrected chi connectivity index (χ2v) is 5.49. The predicted octanol–water partition coefficient (Wildman–Crippen LogP) is 1.35. The van der Waals surface area contributed by atoms with E-state index < -0.39 is 0 Å². The molecule has 0 aromatic carbocycles. The Morgan fingerprint density at radius 3 is 2.25 bits per heavy atom. The van der Waals surface area contributed by atoms with Gasteiger partial charge in [-0.1, -0.05) is 20.8 Å². The summed E-state index contributed by atoms with van der Waals surface area (Å²) in [5, 5.41) is 0. The summed E-state index contributed by atoms with van der Waals surface area (Å²) in [4.78, 5) is 2.22. The average Bonchev–Trinajstić information content (AvgIpc) is 2.25. The molecule has 0 spiro atoms. The third kappa shape index (κ3) is 4.01. The molecule has 1 aliphatic heterocycles. The highest BCUT2D eigenvalue weighted by Gasteiger charge is 2.32. The van der Waals surface area contributed by atoms with E-state index in [1.165, 1.54) is 0 Å². The highest BCUT2D eigenvalue weighted by Crippen LogP contribution is 2.26. The highest BCUT2D eigenvalue weighted by molar-refractivity contribution is 4.76. The molecule has 4 nitrogen and oxygen atoms in total. The minimum Gasteiger partial charge on any atom is -0.383 e. The number of hydrogen-bond acceptors (Lipinski definition) is 4. The van der Waals surface area contributed by atoms with Crippen LogP contribution >= 0.6 is 0 Å². The summed E-state index contributed by atoms with van der Waals surface area (Å²) < 4.78 is 16.6. The summed E-state index contributed by atoms with van der Waals surface area (Å²) in [7, 11) is 3.80. The van der Waals surface area contributed by atoms with E-state index in [1.807, 2.05) is 0 Å². The molecule has 0 saturated carbocycles. The molecule has 0 radical (unpaired) electrons. The first-order chi connectivity index (χ1) is 7.45. The maximum absolute atomic E-state index is 5.75. The van der Waals surface area contributed by atoms with Crippen molar-refractivity contribution in [3.63, 3.8) is 0 Å². The van der Waals surface area contributed by atoms with Crippen molar-refractivity contribution in [3.05, 3.63) is 0 Å². The Labute approximate surface area is 98.8 Å². The molecule has 0 aliphatic carbocycles. The van der Waals surface area contributed by atoms with Crippen LogP contribution in [-0.4, -0.2) is 57.8 Å². The van der Waals surface area contributed by atoms with E-state index in [0.29, 0.717) is 6.04 Å². The van der Waals surface area contributed by atoms with Gasteiger partial charge in [-0.05, 0) is 7.05 Å². The van der Waals surface area contributed by atoms with Gasteiger partial charge in [-0.15, -0.1) is 0 Å². The van der Waals surface area contributed by atoms with E-state index in [0.717, 1.165) is 26.4 Å². The van der Waals surface area contributed by atoms with Gasteiger partial charge >= 0.3 is 0 Å². The monoisotopic (exact) mass is 231 g/mol. The maximum Gasteiger partial charge on any atom is 0.162 e. The first-order valence-corrected chi connectivity index (χ1v) is 5.87.